The van der Waals surface area contributed by atoms with Crippen LogP contribution in [-0.4, -0.2) is 36.4 Å². The topological polar surface area (TPSA) is 92.7 Å². The first-order valence-electron chi connectivity index (χ1n) is 8.67. The molecule has 3 N–H and O–H groups in total. The summed E-state index contributed by atoms with van der Waals surface area (Å²) in [5.74, 6) is 1.03. The number of ether oxygens (including phenoxy) is 2. The minimum Gasteiger partial charge on any atom is -0.497 e. The Hall–Kier alpha value is -2.94. The van der Waals surface area contributed by atoms with Crippen LogP contribution in [0.4, 0.5) is 0 Å². The number of amides is 1. The number of thiophene rings is 1. The molecule has 1 aromatic carbocycles. The molecular weight excluding hydrogens is 378 g/mol. The highest BCUT2D eigenvalue weighted by molar-refractivity contribution is 7.17. The van der Waals surface area contributed by atoms with Gasteiger partial charge in [-0.1, -0.05) is 12.1 Å². The zero-order valence-electron chi connectivity index (χ0n) is 15.3. The van der Waals surface area contributed by atoms with Crippen LogP contribution in [0.25, 0.3) is 10.6 Å². The Morgan fingerprint density at radius 3 is 2.79 bits per heavy atom. The van der Waals surface area contributed by atoms with Gasteiger partial charge in [0, 0.05) is 25.4 Å². The Bertz CT molecular complexity index is 912. The molecule has 3 rings (SSSR count). The largest absolute Gasteiger partial charge is 0.497 e. The van der Waals surface area contributed by atoms with Crippen LogP contribution in [0.5, 0.6) is 11.5 Å². The standard InChI is InChI=1S/C20H21N3O4S/c1-26-15-3-2-4-16(11-15)27-10-9-21-12-14-5-6-17(22-13-14)18-7-8-19(28-18)20(24)23-25/h2-8,11,13,21,25H,9-10,12H2,1H3,(H,23,24). The van der Waals surface area contributed by atoms with Crippen molar-refractivity contribution >= 4 is 17.2 Å². The summed E-state index contributed by atoms with van der Waals surface area (Å²) in [6.07, 6.45) is 1.80. The van der Waals surface area contributed by atoms with Gasteiger partial charge in [0.1, 0.15) is 18.1 Å². The van der Waals surface area contributed by atoms with E-state index >= 15 is 0 Å². The maximum Gasteiger partial charge on any atom is 0.284 e. The highest BCUT2D eigenvalue weighted by atomic mass is 32.1. The van der Waals surface area contributed by atoms with E-state index in [1.807, 2.05) is 42.5 Å². The molecule has 146 valence electrons. The number of nitrogens with zero attached hydrogens (tertiary/aromatic N) is 1. The van der Waals surface area contributed by atoms with Gasteiger partial charge in [0.25, 0.3) is 5.91 Å². The fraction of sp³-hybridized carbons (Fsp3) is 0.200. The van der Waals surface area contributed by atoms with Gasteiger partial charge in [-0.15, -0.1) is 11.3 Å². The number of hydroxylamine groups is 1. The molecular formula is C20H21N3O4S. The summed E-state index contributed by atoms with van der Waals surface area (Å²) >= 11 is 1.27. The predicted molar refractivity (Wildman–Crippen MR) is 107 cm³/mol. The molecule has 28 heavy (non-hydrogen) atoms. The molecule has 0 aliphatic carbocycles. The highest BCUT2D eigenvalue weighted by Crippen LogP contribution is 2.26. The van der Waals surface area contributed by atoms with E-state index in [0.717, 1.165) is 27.6 Å². The number of pyridine rings is 1. The normalized spacial score (nSPS) is 10.5. The second-order valence-corrected chi connectivity index (χ2v) is 6.94. The molecule has 0 radical (unpaired) electrons. The van der Waals surface area contributed by atoms with Crippen molar-refractivity contribution in [1.82, 2.24) is 15.8 Å². The SMILES string of the molecule is COc1cccc(OCCNCc2ccc(-c3ccc(C(=O)NO)s3)nc2)c1. The number of benzene rings is 1. The lowest BCUT2D eigenvalue weighted by Crippen LogP contribution is -2.20. The quantitative estimate of drug-likeness (QED) is 0.291. The van der Waals surface area contributed by atoms with Crippen LogP contribution >= 0.6 is 11.3 Å². The average Bonchev–Trinajstić information content (AvgIpc) is 3.24. The van der Waals surface area contributed by atoms with Crippen LogP contribution in [0.2, 0.25) is 0 Å². The summed E-state index contributed by atoms with van der Waals surface area (Å²) in [6.45, 7) is 1.92. The van der Waals surface area contributed by atoms with Gasteiger partial charge in [-0.2, -0.15) is 0 Å². The number of hydrogen-bond donors (Lipinski definition) is 3. The van der Waals surface area contributed by atoms with Gasteiger partial charge in [-0.05, 0) is 35.9 Å². The summed E-state index contributed by atoms with van der Waals surface area (Å²) in [7, 11) is 1.63. The Morgan fingerprint density at radius 2 is 2.04 bits per heavy atom. The van der Waals surface area contributed by atoms with Crippen molar-refractivity contribution in [2.75, 3.05) is 20.3 Å². The van der Waals surface area contributed by atoms with Crippen molar-refractivity contribution in [3.05, 3.63) is 65.2 Å². The lowest BCUT2D eigenvalue weighted by molar-refractivity contribution is 0.0711. The van der Waals surface area contributed by atoms with Crippen LogP contribution in [0.15, 0.2) is 54.7 Å². The van der Waals surface area contributed by atoms with E-state index < -0.39 is 5.91 Å². The van der Waals surface area contributed by atoms with E-state index in [-0.39, 0.29) is 0 Å². The fourth-order valence-corrected chi connectivity index (χ4v) is 3.36. The van der Waals surface area contributed by atoms with Crippen molar-refractivity contribution in [3.63, 3.8) is 0 Å². The van der Waals surface area contributed by atoms with Crippen LogP contribution in [-0.2, 0) is 6.54 Å². The summed E-state index contributed by atoms with van der Waals surface area (Å²) in [5, 5.41) is 12.0. The summed E-state index contributed by atoms with van der Waals surface area (Å²) in [6, 6.07) is 14.9. The molecule has 3 aromatic rings. The first-order valence-corrected chi connectivity index (χ1v) is 9.48. The number of rotatable bonds is 9. The molecule has 0 saturated heterocycles. The molecule has 8 heteroatoms. The maximum absolute atomic E-state index is 11.4. The number of hydrogen-bond acceptors (Lipinski definition) is 7. The summed E-state index contributed by atoms with van der Waals surface area (Å²) in [4.78, 5) is 17.2. The van der Waals surface area contributed by atoms with Gasteiger partial charge in [-0.25, -0.2) is 5.48 Å². The maximum atomic E-state index is 11.4. The highest BCUT2D eigenvalue weighted by Gasteiger charge is 2.10. The number of aromatic nitrogens is 1. The molecule has 0 fully saturated rings. The molecule has 0 spiro atoms. The first-order chi connectivity index (χ1) is 13.7. The fourth-order valence-electron chi connectivity index (χ4n) is 2.49. The summed E-state index contributed by atoms with van der Waals surface area (Å²) < 4.78 is 10.9. The van der Waals surface area contributed by atoms with Crippen molar-refractivity contribution < 1.29 is 19.5 Å². The molecule has 0 aliphatic heterocycles. The molecule has 0 bridgehead atoms. The molecule has 0 saturated carbocycles. The van der Waals surface area contributed by atoms with Crippen molar-refractivity contribution in [2.45, 2.75) is 6.54 Å². The van der Waals surface area contributed by atoms with Crippen LogP contribution in [0.3, 0.4) is 0 Å². The first kappa shape index (κ1) is 19.8. The van der Waals surface area contributed by atoms with Gasteiger partial charge < -0.3 is 14.8 Å². The van der Waals surface area contributed by atoms with Gasteiger partial charge in [0.15, 0.2) is 0 Å². The average molecular weight is 399 g/mol. The van der Waals surface area contributed by atoms with Gasteiger partial charge in [0.05, 0.1) is 22.6 Å². The van der Waals surface area contributed by atoms with Gasteiger partial charge >= 0.3 is 0 Å². The molecule has 0 unspecified atom stereocenters. The molecule has 2 aromatic heterocycles. The van der Waals surface area contributed by atoms with E-state index in [9.17, 15) is 4.79 Å². The van der Waals surface area contributed by atoms with E-state index in [2.05, 4.69) is 10.3 Å². The third-order valence-corrected chi connectivity index (χ3v) is 5.03. The second-order valence-electron chi connectivity index (χ2n) is 5.86. The van der Waals surface area contributed by atoms with Crippen LogP contribution in [0, 0.1) is 0 Å². The Kier molecular flexibility index (Phi) is 6.96. The lowest BCUT2D eigenvalue weighted by atomic mass is 10.2. The number of carbonyl (C=O) groups excluding carboxylic acids is 1. The lowest BCUT2D eigenvalue weighted by Gasteiger charge is -2.09. The Labute approximate surface area is 166 Å². The molecule has 0 aliphatic rings. The van der Waals surface area contributed by atoms with Gasteiger partial charge in [-0.3, -0.25) is 15.0 Å². The molecule has 1 amide bonds. The van der Waals surface area contributed by atoms with Crippen molar-refractivity contribution in [1.29, 1.82) is 0 Å². The monoisotopic (exact) mass is 399 g/mol. The minimum atomic E-state index is -0.520. The zero-order valence-corrected chi connectivity index (χ0v) is 16.2. The zero-order chi connectivity index (χ0) is 19.8. The van der Waals surface area contributed by atoms with Crippen molar-refractivity contribution in [2.24, 2.45) is 0 Å². The third-order valence-electron chi connectivity index (χ3n) is 3.93. The Morgan fingerprint density at radius 1 is 1.18 bits per heavy atom. The second kappa shape index (κ2) is 9.84. The third kappa shape index (κ3) is 5.29. The van der Waals surface area contributed by atoms with E-state index in [4.69, 9.17) is 14.7 Å². The smallest absolute Gasteiger partial charge is 0.284 e. The van der Waals surface area contributed by atoms with Crippen LogP contribution in [0.1, 0.15) is 15.2 Å². The van der Waals surface area contributed by atoms with Gasteiger partial charge in [0.2, 0.25) is 0 Å². The van der Waals surface area contributed by atoms with Crippen molar-refractivity contribution in [3.8, 4) is 22.1 Å². The number of carbonyl (C=O) groups is 1. The van der Waals surface area contributed by atoms with E-state index in [1.165, 1.54) is 11.3 Å². The van der Waals surface area contributed by atoms with E-state index in [0.29, 0.717) is 24.6 Å². The molecule has 0 atom stereocenters. The van der Waals surface area contributed by atoms with E-state index in [1.54, 1.807) is 24.9 Å². The summed E-state index contributed by atoms with van der Waals surface area (Å²) in [5.41, 5.74) is 3.47. The predicted octanol–water partition coefficient (Wildman–Crippen LogP) is 3.11. The minimum absolute atomic E-state index is 0.432. The van der Waals surface area contributed by atoms with Crippen LogP contribution < -0.4 is 20.3 Å². The molecule has 7 nitrogen and oxygen atoms in total. The number of nitrogens with one attached hydrogen (secondary N) is 2. The number of methoxy groups -OCH3 is 1. The molecule has 2 heterocycles. The Balaban J connectivity index is 1.44.